The number of aromatic nitrogens is 1. The van der Waals surface area contributed by atoms with Crippen LogP contribution in [-0.4, -0.2) is 34.5 Å². The molecule has 0 aliphatic carbocycles. The van der Waals surface area contributed by atoms with Crippen molar-refractivity contribution in [1.29, 1.82) is 0 Å². The van der Waals surface area contributed by atoms with Gasteiger partial charge in [-0.15, -0.1) is 0 Å². The standard InChI is InChI=1S/C9H9N3O2S2/c1-12-8(9(13)14-2)5-7(11-16-12)6-3-4-15-10-6/h3-5H,1-2H3. The van der Waals surface area contributed by atoms with Gasteiger partial charge >= 0.3 is 5.97 Å². The number of ether oxygens (including phenoxy) is 1. The maximum Gasteiger partial charge on any atom is 0.355 e. The van der Waals surface area contributed by atoms with Gasteiger partial charge in [-0.2, -0.15) is 8.77 Å². The Morgan fingerprint density at radius 3 is 3.00 bits per heavy atom. The number of carbonyl (C=O) groups is 1. The predicted molar refractivity (Wildman–Crippen MR) is 64.1 cm³/mol. The van der Waals surface area contributed by atoms with Gasteiger partial charge in [0.05, 0.1) is 19.2 Å². The average molecular weight is 255 g/mol. The van der Waals surface area contributed by atoms with Crippen LogP contribution in [0.25, 0.3) is 0 Å². The molecule has 0 aromatic carbocycles. The van der Waals surface area contributed by atoms with Crippen LogP contribution in [0.3, 0.4) is 0 Å². The van der Waals surface area contributed by atoms with Crippen molar-refractivity contribution in [3.05, 3.63) is 28.9 Å². The lowest BCUT2D eigenvalue weighted by molar-refractivity contribution is -0.137. The normalized spacial score (nSPS) is 15.5. The molecule has 7 heteroatoms. The molecule has 16 heavy (non-hydrogen) atoms. The quantitative estimate of drug-likeness (QED) is 0.592. The minimum absolute atomic E-state index is 0.377. The molecule has 0 bridgehead atoms. The van der Waals surface area contributed by atoms with Crippen molar-refractivity contribution in [3.63, 3.8) is 0 Å². The zero-order chi connectivity index (χ0) is 11.5. The lowest BCUT2D eigenvalue weighted by Gasteiger charge is -2.20. The van der Waals surface area contributed by atoms with Gasteiger partial charge in [-0.25, -0.2) is 4.79 Å². The van der Waals surface area contributed by atoms with Crippen molar-refractivity contribution in [2.45, 2.75) is 0 Å². The molecule has 0 fully saturated rings. The Hall–Kier alpha value is -1.34. The maximum atomic E-state index is 11.5. The van der Waals surface area contributed by atoms with Gasteiger partial charge in [-0.3, -0.25) is 4.31 Å². The van der Waals surface area contributed by atoms with Crippen LogP contribution in [0, 0.1) is 0 Å². The summed E-state index contributed by atoms with van der Waals surface area (Å²) in [5.74, 6) is -0.377. The number of esters is 1. The first-order chi connectivity index (χ1) is 7.72. The van der Waals surface area contributed by atoms with E-state index in [9.17, 15) is 4.79 Å². The summed E-state index contributed by atoms with van der Waals surface area (Å²) in [4.78, 5) is 11.5. The topological polar surface area (TPSA) is 54.8 Å². The zero-order valence-electron chi connectivity index (χ0n) is 8.71. The van der Waals surface area contributed by atoms with Crippen molar-refractivity contribution < 1.29 is 9.53 Å². The lowest BCUT2D eigenvalue weighted by atomic mass is 10.2. The van der Waals surface area contributed by atoms with Gasteiger partial charge in [-0.1, -0.05) is 0 Å². The Bertz CT molecular complexity index is 453. The number of carbonyl (C=O) groups excluding carboxylic acids is 1. The monoisotopic (exact) mass is 255 g/mol. The molecule has 1 aromatic rings. The predicted octanol–water partition coefficient (Wildman–Crippen LogP) is 1.50. The summed E-state index contributed by atoms with van der Waals surface area (Å²) in [5.41, 5.74) is 1.92. The van der Waals surface area contributed by atoms with Gasteiger partial charge in [0.15, 0.2) is 0 Å². The summed E-state index contributed by atoms with van der Waals surface area (Å²) in [6.45, 7) is 0. The Morgan fingerprint density at radius 1 is 1.56 bits per heavy atom. The molecule has 0 N–H and O–H groups in total. The van der Waals surface area contributed by atoms with E-state index < -0.39 is 0 Å². The van der Waals surface area contributed by atoms with Gasteiger partial charge in [-0.05, 0) is 23.7 Å². The van der Waals surface area contributed by atoms with Crippen LogP contribution < -0.4 is 0 Å². The van der Waals surface area contributed by atoms with Crippen LogP contribution >= 0.6 is 23.7 Å². The first-order valence-electron chi connectivity index (χ1n) is 4.42. The van der Waals surface area contributed by atoms with E-state index in [1.807, 2.05) is 11.4 Å². The molecule has 0 radical (unpaired) electrons. The van der Waals surface area contributed by atoms with E-state index in [1.54, 1.807) is 17.4 Å². The molecule has 0 saturated carbocycles. The number of rotatable bonds is 2. The first kappa shape index (κ1) is 11.2. The maximum absolute atomic E-state index is 11.5. The molecule has 5 nitrogen and oxygen atoms in total. The molecule has 0 amide bonds. The number of nitrogens with zero attached hydrogens (tertiary/aromatic N) is 3. The first-order valence-corrected chi connectivity index (χ1v) is 5.98. The molecule has 1 aromatic heterocycles. The van der Waals surface area contributed by atoms with Crippen molar-refractivity contribution in [1.82, 2.24) is 8.68 Å². The second-order valence-corrected chi connectivity index (χ2v) is 4.52. The fraction of sp³-hybridized carbons (Fsp3) is 0.222. The summed E-state index contributed by atoms with van der Waals surface area (Å²) in [7, 11) is 3.12. The molecule has 1 aliphatic rings. The number of allylic oxidation sites excluding steroid dienone is 1. The second kappa shape index (κ2) is 4.67. The van der Waals surface area contributed by atoms with E-state index in [0.717, 1.165) is 5.69 Å². The van der Waals surface area contributed by atoms with E-state index in [2.05, 4.69) is 8.77 Å². The van der Waals surface area contributed by atoms with E-state index >= 15 is 0 Å². The van der Waals surface area contributed by atoms with Crippen LogP contribution in [0.1, 0.15) is 5.69 Å². The van der Waals surface area contributed by atoms with Crippen LogP contribution in [0.2, 0.25) is 0 Å². The third-order valence-corrected chi connectivity index (χ3v) is 3.25. The second-order valence-electron chi connectivity index (χ2n) is 2.96. The molecule has 0 spiro atoms. The zero-order valence-corrected chi connectivity index (χ0v) is 10.3. The minimum Gasteiger partial charge on any atom is -0.464 e. The van der Waals surface area contributed by atoms with Crippen molar-refractivity contribution >= 4 is 35.3 Å². The number of hydrogen-bond donors (Lipinski definition) is 0. The van der Waals surface area contributed by atoms with Crippen LogP contribution in [-0.2, 0) is 9.53 Å². The van der Waals surface area contributed by atoms with E-state index in [-0.39, 0.29) is 5.97 Å². The van der Waals surface area contributed by atoms with Crippen molar-refractivity contribution in [2.24, 2.45) is 4.40 Å². The molecular weight excluding hydrogens is 246 g/mol. The highest BCUT2D eigenvalue weighted by molar-refractivity contribution is 7.96. The Balaban J connectivity index is 2.31. The van der Waals surface area contributed by atoms with Gasteiger partial charge < -0.3 is 4.74 Å². The smallest absolute Gasteiger partial charge is 0.355 e. The number of hydrogen-bond acceptors (Lipinski definition) is 7. The molecule has 2 rings (SSSR count). The third kappa shape index (κ3) is 2.10. The third-order valence-electron chi connectivity index (χ3n) is 1.97. The molecule has 0 atom stereocenters. The molecular formula is C9H9N3O2S2. The Morgan fingerprint density at radius 2 is 2.38 bits per heavy atom. The fourth-order valence-corrected chi connectivity index (χ4v) is 2.24. The summed E-state index contributed by atoms with van der Waals surface area (Å²) in [6.07, 6.45) is 1.68. The van der Waals surface area contributed by atoms with E-state index in [4.69, 9.17) is 4.74 Å². The highest BCUT2D eigenvalue weighted by atomic mass is 32.2. The molecule has 1 aliphatic heterocycles. The summed E-state index contributed by atoms with van der Waals surface area (Å²) >= 11 is 2.54. The minimum atomic E-state index is -0.377. The summed E-state index contributed by atoms with van der Waals surface area (Å²) in [5, 5.41) is 1.87. The van der Waals surface area contributed by atoms with Crippen molar-refractivity contribution in [2.75, 3.05) is 14.2 Å². The SMILES string of the molecule is COC(=O)C1=CC(c2ccsn2)=NSN1C. The van der Waals surface area contributed by atoms with Gasteiger partial charge in [0.2, 0.25) is 0 Å². The highest BCUT2D eigenvalue weighted by Gasteiger charge is 2.21. The van der Waals surface area contributed by atoms with Crippen molar-refractivity contribution in [3.8, 4) is 0 Å². The molecule has 84 valence electrons. The number of likely N-dealkylation sites (N-methyl/N-ethyl adjacent to an activating group) is 1. The van der Waals surface area contributed by atoms with Gasteiger partial charge in [0, 0.05) is 12.4 Å². The van der Waals surface area contributed by atoms with Crippen LogP contribution in [0.4, 0.5) is 0 Å². The Kier molecular flexibility index (Phi) is 3.25. The molecule has 0 saturated heterocycles. The summed E-state index contributed by atoms with van der Waals surface area (Å²) in [6, 6.07) is 1.86. The van der Waals surface area contributed by atoms with E-state index in [0.29, 0.717) is 11.4 Å². The average Bonchev–Trinajstić information content (AvgIpc) is 2.82. The lowest BCUT2D eigenvalue weighted by Crippen LogP contribution is -2.22. The fourth-order valence-electron chi connectivity index (χ4n) is 1.15. The molecule has 2 heterocycles. The van der Waals surface area contributed by atoms with Gasteiger partial charge in [0.1, 0.15) is 17.1 Å². The van der Waals surface area contributed by atoms with Gasteiger partial charge in [0.25, 0.3) is 0 Å². The van der Waals surface area contributed by atoms with Crippen LogP contribution in [0.15, 0.2) is 27.6 Å². The molecule has 0 unspecified atom stereocenters. The largest absolute Gasteiger partial charge is 0.464 e. The van der Waals surface area contributed by atoms with Crippen LogP contribution in [0.5, 0.6) is 0 Å². The number of methoxy groups -OCH3 is 1. The summed E-state index contributed by atoms with van der Waals surface area (Å²) < 4.78 is 14.8. The van der Waals surface area contributed by atoms with E-state index in [1.165, 1.54) is 30.8 Å². The highest BCUT2D eigenvalue weighted by Crippen LogP contribution is 2.24. The Labute approximate surface area is 101 Å².